The summed E-state index contributed by atoms with van der Waals surface area (Å²) in [6.45, 7) is 2.29. The molecule has 1 aliphatic rings. The minimum atomic E-state index is 1.01. The van der Waals surface area contributed by atoms with E-state index in [1.165, 1.54) is 24.6 Å². The molecule has 0 unspecified atom stereocenters. The normalized spacial score (nSPS) is 36.8. The molecule has 0 atom stereocenters. The fourth-order valence-electron chi connectivity index (χ4n) is 1.33. The Morgan fingerprint density at radius 3 is 2.38 bits per heavy atom. The number of hydrogen-bond acceptors (Lipinski definition) is 0. The summed E-state index contributed by atoms with van der Waals surface area (Å²) in [6.07, 6.45) is 4.34. The number of alkyl halides is 1. The summed E-state index contributed by atoms with van der Waals surface area (Å²) in [6, 6.07) is 0. The fraction of sp³-hybridized carbons (Fsp3) is 1.00. The zero-order valence-corrected chi connectivity index (χ0v) is 6.95. The highest BCUT2D eigenvalue weighted by Crippen LogP contribution is 2.36. The van der Waals surface area contributed by atoms with Crippen molar-refractivity contribution < 1.29 is 0 Å². The van der Waals surface area contributed by atoms with Crippen LogP contribution in [0.25, 0.3) is 0 Å². The third kappa shape index (κ3) is 1.25. The quantitative estimate of drug-likeness (QED) is 0.569. The Morgan fingerprint density at radius 1 is 1.38 bits per heavy atom. The van der Waals surface area contributed by atoms with Gasteiger partial charge in [0.25, 0.3) is 0 Å². The van der Waals surface area contributed by atoms with E-state index >= 15 is 0 Å². The highest BCUT2D eigenvalue weighted by Gasteiger charge is 2.25. The first-order valence-electron chi connectivity index (χ1n) is 3.42. The molecule has 0 aromatic rings. The molecule has 0 aliphatic heterocycles. The van der Waals surface area contributed by atoms with Gasteiger partial charge in [-0.3, -0.25) is 0 Å². The predicted octanol–water partition coefficient (Wildman–Crippen LogP) is 2.82. The van der Waals surface area contributed by atoms with E-state index in [0.717, 1.165) is 11.8 Å². The lowest BCUT2D eigenvalue weighted by Gasteiger charge is -2.33. The standard InChI is InChI=1S/C7H13Br/c1-2-6-3-7(4-6)5-8/h6-7H,2-5H2,1H3. The van der Waals surface area contributed by atoms with Gasteiger partial charge >= 0.3 is 0 Å². The summed E-state index contributed by atoms with van der Waals surface area (Å²) < 4.78 is 0. The predicted molar refractivity (Wildman–Crippen MR) is 40.3 cm³/mol. The maximum Gasteiger partial charge on any atom is 0.00598 e. The molecule has 0 aromatic heterocycles. The van der Waals surface area contributed by atoms with E-state index in [1.807, 2.05) is 0 Å². The Labute approximate surface area is 59.8 Å². The van der Waals surface area contributed by atoms with E-state index < -0.39 is 0 Å². The third-order valence-electron chi connectivity index (χ3n) is 2.13. The Kier molecular flexibility index (Phi) is 2.36. The lowest BCUT2D eigenvalue weighted by atomic mass is 9.75. The molecule has 0 spiro atoms. The lowest BCUT2D eigenvalue weighted by molar-refractivity contribution is 0.212. The molecule has 0 bridgehead atoms. The van der Waals surface area contributed by atoms with Crippen molar-refractivity contribution in [3.63, 3.8) is 0 Å². The van der Waals surface area contributed by atoms with Gasteiger partial charge in [-0.1, -0.05) is 29.3 Å². The highest BCUT2D eigenvalue weighted by atomic mass is 79.9. The summed E-state index contributed by atoms with van der Waals surface area (Å²) in [5, 5.41) is 1.23. The maximum absolute atomic E-state index is 3.48. The van der Waals surface area contributed by atoms with Crippen molar-refractivity contribution in [2.45, 2.75) is 26.2 Å². The average Bonchev–Trinajstić information content (AvgIpc) is 1.65. The minimum absolute atomic E-state index is 1.01. The molecule has 1 rings (SSSR count). The molecular weight excluding hydrogens is 164 g/mol. The fourth-order valence-corrected chi connectivity index (χ4v) is 1.86. The molecule has 1 fully saturated rings. The van der Waals surface area contributed by atoms with E-state index in [0.29, 0.717) is 0 Å². The highest BCUT2D eigenvalue weighted by molar-refractivity contribution is 9.09. The molecule has 0 nitrogen and oxygen atoms in total. The van der Waals surface area contributed by atoms with E-state index in [1.54, 1.807) is 0 Å². The lowest BCUT2D eigenvalue weighted by Crippen LogP contribution is -2.23. The van der Waals surface area contributed by atoms with Gasteiger partial charge in [0.1, 0.15) is 0 Å². The molecule has 0 saturated heterocycles. The van der Waals surface area contributed by atoms with Crippen LogP contribution in [-0.4, -0.2) is 5.33 Å². The summed E-state index contributed by atoms with van der Waals surface area (Å²) in [7, 11) is 0. The van der Waals surface area contributed by atoms with Gasteiger partial charge in [0.05, 0.1) is 0 Å². The largest absolute Gasteiger partial charge is 0.0925 e. The minimum Gasteiger partial charge on any atom is -0.0925 e. The first-order valence-corrected chi connectivity index (χ1v) is 4.55. The molecule has 1 saturated carbocycles. The van der Waals surface area contributed by atoms with Crippen LogP contribution < -0.4 is 0 Å². The van der Waals surface area contributed by atoms with Crippen LogP contribution in [0, 0.1) is 11.8 Å². The smallest absolute Gasteiger partial charge is 0.00598 e. The molecule has 48 valence electrons. The van der Waals surface area contributed by atoms with Crippen molar-refractivity contribution >= 4 is 15.9 Å². The zero-order chi connectivity index (χ0) is 5.98. The monoisotopic (exact) mass is 176 g/mol. The Morgan fingerprint density at radius 2 is 2.00 bits per heavy atom. The molecule has 8 heavy (non-hydrogen) atoms. The van der Waals surface area contributed by atoms with E-state index in [4.69, 9.17) is 0 Å². The third-order valence-corrected chi connectivity index (χ3v) is 3.04. The molecule has 0 amide bonds. The van der Waals surface area contributed by atoms with Crippen molar-refractivity contribution in [1.29, 1.82) is 0 Å². The summed E-state index contributed by atoms with van der Waals surface area (Å²) in [5.74, 6) is 2.08. The van der Waals surface area contributed by atoms with Gasteiger partial charge in [0, 0.05) is 5.33 Å². The second-order valence-corrected chi connectivity index (χ2v) is 3.41. The van der Waals surface area contributed by atoms with Crippen LogP contribution in [-0.2, 0) is 0 Å². The number of rotatable bonds is 2. The van der Waals surface area contributed by atoms with Crippen molar-refractivity contribution in [3.8, 4) is 0 Å². The van der Waals surface area contributed by atoms with Crippen LogP contribution in [0.1, 0.15) is 26.2 Å². The van der Waals surface area contributed by atoms with Gasteiger partial charge in [-0.2, -0.15) is 0 Å². The van der Waals surface area contributed by atoms with Crippen LogP contribution >= 0.6 is 15.9 Å². The molecule has 0 N–H and O–H groups in total. The molecular formula is C7H13Br. The Balaban J connectivity index is 2.03. The zero-order valence-electron chi connectivity index (χ0n) is 5.36. The first kappa shape index (κ1) is 6.60. The van der Waals surface area contributed by atoms with Gasteiger partial charge in [0.15, 0.2) is 0 Å². The van der Waals surface area contributed by atoms with Crippen molar-refractivity contribution in [2.24, 2.45) is 11.8 Å². The van der Waals surface area contributed by atoms with Gasteiger partial charge in [-0.05, 0) is 24.7 Å². The molecule has 1 heteroatoms. The first-order chi connectivity index (χ1) is 3.86. The number of hydrogen-bond donors (Lipinski definition) is 0. The average molecular weight is 177 g/mol. The SMILES string of the molecule is CCC1CC(CBr)C1. The molecule has 0 heterocycles. The summed E-state index contributed by atoms with van der Waals surface area (Å²) >= 11 is 3.48. The van der Waals surface area contributed by atoms with Crippen molar-refractivity contribution in [2.75, 3.05) is 5.33 Å². The van der Waals surface area contributed by atoms with Crippen LogP contribution in [0.4, 0.5) is 0 Å². The van der Waals surface area contributed by atoms with Crippen LogP contribution in [0.15, 0.2) is 0 Å². The van der Waals surface area contributed by atoms with Gasteiger partial charge in [0.2, 0.25) is 0 Å². The second-order valence-electron chi connectivity index (χ2n) is 2.77. The van der Waals surface area contributed by atoms with Gasteiger partial charge in [-0.15, -0.1) is 0 Å². The summed E-state index contributed by atoms with van der Waals surface area (Å²) in [4.78, 5) is 0. The number of halogens is 1. The van der Waals surface area contributed by atoms with Crippen LogP contribution in [0.5, 0.6) is 0 Å². The maximum atomic E-state index is 3.48. The van der Waals surface area contributed by atoms with Crippen LogP contribution in [0.3, 0.4) is 0 Å². The van der Waals surface area contributed by atoms with Crippen LogP contribution in [0.2, 0.25) is 0 Å². The molecule has 0 aromatic carbocycles. The van der Waals surface area contributed by atoms with Gasteiger partial charge in [-0.25, -0.2) is 0 Å². The summed E-state index contributed by atoms with van der Waals surface area (Å²) in [5.41, 5.74) is 0. The van der Waals surface area contributed by atoms with Crippen molar-refractivity contribution in [1.82, 2.24) is 0 Å². The van der Waals surface area contributed by atoms with Gasteiger partial charge < -0.3 is 0 Å². The van der Waals surface area contributed by atoms with E-state index in [-0.39, 0.29) is 0 Å². The van der Waals surface area contributed by atoms with Crippen molar-refractivity contribution in [3.05, 3.63) is 0 Å². The Bertz CT molecular complexity index is 56.8. The second kappa shape index (κ2) is 2.86. The molecule has 0 radical (unpaired) electrons. The van der Waals surface area contributed by atoms with E-state index in [9.17, 15) is 0 Å². The molecule has 1 aliphatic carbocycles. The Hall–Kier alpha value is 0.480. The van der Waals surface area contributed by atoms with E-state index in [2.05, 4.69) is 22.9 Å². The topological polar surface area (TPSA) is 0 Å².